The number of hydrogen-bond acceptors (Lipinski definition) is 3. The second kappa shape index (κ2) is 9.58. The van der Waals surface area contributed by atoms with Gasteiger partial charge in [-0.05, 0) is 52.4 Å². The Morgan fingerprint density at radius 2 is 1.20 bits per heavy atom. The van der Waals surface area contributed by atoms with Crippen molar-refractivity contribution in [2.45, 2.75) is 0 Å². The first-order chi connectivity index (χ1) is 24.0. The van der Waals surface area contributed by atoms with Crippen molar-refractivity contribution >= 4 is 10.8 Å². The SMILES string of the molecule is [2H]c1c([2H])c([2H])c(-c2c([2H])c([2H])c(-c3cc(-c4ccc5c(c4)-c4cccc6cccc(c46)O5)nc(-c4ccccc4)n3)c([2H])c2[2H])c([2H])c1[2H]. The van der Waals surface area contributed by atoms with Crippen molar-refractivity contribution < 1.29 is 17.1 Å². The molecule has 2 heterocycles. The van der Waals surface area contributed by atoms with E-state index < -0.39 is 59.9 Å². The maximum atomic E-state index is 9.04. The monoisotopic (exact) mass is 533 g/mol. The number of rotatable bonds is 4. The molecule has 0 spiro atoms. The molecule has 1 aliphatic heterocycles. The van der Waals surface area contributed by atoms with E-state index in [9.17, 15) is 0 Å². The van der Waals surface area contributed by atoms with Gasteiger partial charge in [0.25, 0.3) is 0 Å². The highest BCUT2D eigenvalue weighted by Crippen LogP contribution is 2.47. The fourth-order valence-corrected chi connectivity index (χ4v) is 5.10. The molecule has 192 valence electrons. The number of hydrogen-bond donors (Lipinski definition) is 0. The van der Waals surface area contributed by atoms with E-state index in [1.54, 1.807) is 6.07 Å². The molecule has 0 atom stereocenters. The largest absolute Gasteiger partial charge is 0.456 e. The van der Waals surface area contributed by atoms with Gasteiger partial charge in [0.05, 0.1) is 23.7 Å². The predicted molar refractivity (Wildman–Crippen MR) is 167 cm³/mol. The topological polar surface area (TPSA) is 35.0 Å². The first-order valence-corrected chi connectivity index (χ1v) is 13.0. The molecule has 0 saturated carbocycles. The van der Waals surface area contributed by atoms with E-state index in [4.69, 9.17) is 27.0 Å². The summed E-state index contributed by atoms with van der Waals surface area (Å²) in [6.07, 6.45) is 0. The zero-order chi connectivity index (χ0) is 35.0. The van der Waals surface area contributed by atoms with E-state index in [0.29, 0.717) is 28.4 Å². The number of benzene rings is 6. The van der Waals surface area contributed by atoms with Crippen LogP contribution in [0, 0.1) is 0 Å². The Kier molecular flexibility index (Phi) is 3.72. The van der Waals surface area contributed by atoms with Crippen LogP contribution in [0.1, 0.15) is 12.3 Å². The molecule has 0 unspecified atom stereocenters. The van der Waals surface area contributed by atoms with Crippen molar-refractivity contribution in [1.29, 1.82) is 0 Å². The van der Waals surface area contributed by atoms with Crippen molar-refractivity contribution in [3.05, 3.63) is 145 Å². The number of ether oxygens (including phenoxy) is 1. The molecule has 3 nitrogen and oxygen atoms in total. The van der Waals surface area contributed by atoms with Crippen molar-refractivity contribution in [2.24, 2.45) is 0 Å². The van der Waals surface area contributed by atoms with Gasteiger partial charge in [-0.25, -0.2) is 9.97 Å². The molecule has 6 aromatic carbocycles. The summed E-state index contributed by atoms with van der Waals surface area (Å²) in [4.78, 5) is 9.61. The minimum absolute atomic E-state index is 0.114. The average molecular weight is 534 g/mol. The third kappa shape index (κ3) is 4.16. The number of nitrogens with zero attached hydrogens (tertiary/aromatic N) is 2. The molecule has 7 aromatic rings. The first-order valence-electron chi connectivity index (χ1n) is 17.5. The summed E-state index contributed by atoms with van der Waals surface area (Å²) in [7, 11) is 0. The first kappa shape index (κ1) is 15.9. The van der Waals surface area contributed by atoms with Crippen LogP contribution in [-0.2, 0) is 0 Å². The van der Waals surface area contributed by atoms with Crippen LogP contribution < -0.4 is 4.74 Å². The molecule has 8 rings (SSSR count). The lowest BCUT2D eigenvalue weighted by atomic mass is 9.93. The molecule has 3 heteroatoms. The maximum Gasteiger partial charge on any atom is 0.160 e. The van der Waals surface area contributed by atoms with Gasteiger partial charge in [0.2, 0.25) is 0 Å². The zero-order valence-corrected chi connectivity index (χ0v) is 21.5. The van der Waals surface area contributed by atoms with Gasteiger partial charge < -0.3 is 4.74 Å². The maximum absolute atomic E-state index is 9.04. The van der Waals surface area contributed by atoms with E-state index in [2.05, 4.69) is 0 Å². The Balaban J connectivity index is 1.35. The summed E-state index contributed by atoms with van der Waals surface area (Å²) in [5, 5.41) is 2.04. The molecule has 41 heavy (non-hydrogen) atoms. The van der Waals surface area contributed by atoms with Gasteiger partial charge in [-0.15, -0.1) is 0 Å². The van der Waals surface area contributed by atoms with Crippen LogP contribution in [-0.4, -0.2) is 9.97 Å². The fraction of sp³-hybridized carbons (Fsp3) is 0. The van der Waals surface area contributed by atoms with Gasteiger partial charge in [-0.1, -0.05) is 115 Å². The van der Waals surface area contributed by atoms with Crippen molar-refractivity contribution in [3.8, 4) is 67.7 Å². The second-order valence-corrected chi connectivity index (χ2v) is 9.55. The van der Waals surface area contributed by atoms with Gasteiger partial charge in [-0.3, -0.25) is 0 Å². The third-order valence-electron chi connectivity index (χ3n) is 7.04. The molecule has 0 saturated heterocycles. The summed E-state index contributed by atoms with van der Waals surface area (Å²) in [6, 6.07) is 23.3. The Morgan fingerprint density at radius 3 is 2.00 bits per heavy atom. The van der Waals surface area contributed by atoms with E-state index in [0.717, 1.165) is 27.6 Å². The molecule has 1 aromatic heterocycles. The Morgan fingerprint density at radius 1 is 0.488 bits per heavy atom. The Bertz CT molecular complexity index is 2510. The second-order valence-electron chi connectivity index (χ2n) is 9.55. The van der Waals surface area contributed by atoms with Crippen LogP contribution >= 0.6 is 0 Å². The Labute approximate surface area is 251 Å². The summed E-state index contributed by atoms with van der Waals surface area (Å²) in [5.74, 6) is 1.75. The highest BCUT2D eigenvalue weighted by molar-refractivity contribution is 6.04. The van der Waals surface area contributed by atoms with E-state index in [1.807, 2.05) is 84.9 Å². The van der Waals surface area contributed by atoms with Crippen LogP contribution in [0.2, 0.25) is 0 Å². The highest BCUT2D eigenvalue weighted by atomic mass is 16.5. The van der Waals surface area contributed by atoms with Crippen LogP contribution in [0.25, 0.3) is 66.9 Å². The molecule has 0 aliphatic carbocycles. The fourth-order valence-electron chi connectivity index (χ4n) is 5.10. The van der Waals surface area contributed by atoms with Crippen LogP contribution in [0.3, 0.4) is 0 Å². The lowest BCUT2D eigenvalue weighted by molar-refractivity contribution is 0.487. The quantitative estimate of drug-likeness (QED) is 0.226. The van der Waals surface area contributed by atoms with Crippen molar-refractivity contribution in [1.82, 2.24) is 9.97 Å². The molecule has 0 amide bonds. The third-order valence-corrected chi connectivity index (χ3v) is 7.04. The van der Waals surface area contributed by atoms with Crippen molar-refractivity contribution in [2.75, 3.05) is 0 Å². The number of aromatic nitrogens is 2. The van der Waals surface area contributed by atoms with Gasteiger partial charge in [0.1, 0.15) is 11.5 Å². The minimum Gasteiger partial charge on any atom is -0.456 e. The summed E-state index contributed by atoms with van der Waals surface area (Å²) < 4.78 is 83.2. The molecule has 0 N–H and O–H groups in total. The minimum atomic E-state index is -0.634. The summed E-state index contributed by atoms with van der Waals surface area (Å²) >= 11 is 0. The average Bonchev–Trinajstić information content (AvgIpc) is 3.14. The normalized spacial score (nSPS) is 14.7. The highest BCUT2D eigenvalue weighted by Gasteiger charge is 2.21. The molecule has 0 bridgehead atoms. The van der Waals surface area contributed by atoms with E-state index in [1.165, 1.54) is 0 Å². The van der Waals surface area contributed by atoms with E-state index >= 15 is 0 Å². The molecule has 1 aliphatic rings. The lowest BCUT2D eigenvalue weighted by Gasteiger charge is -2.22. The lowest BCUT2D eigenvalue weighted by Crippen LogP contribution is -1.99. The van der Waals surface area contributed by atoms with Gasteiger partial charge >= 0.3 is 0 Å². The standard InChI is InChI=1S/C38H24N2O/c1-3-9-25(10-4-1)26-17-19-27(20-18-26)33-24-34(40-38(39-33)29-11-5-2-6-12-29)30-21-22-35-32(23-30)31-15-7-13-28-14-8-16-36(41-35)37(28)31/h1-24H/i1D,3D,4D,9D,10D,17D,18D,19D,20D. The van der Waals surface area contributed by atoms with E-state index in [-0.39, 0.29) is 16.8 Å². The smallest absolute Gasteiger partial charge is 0.160 e. The van der Waals surface area contributed by atoms with Crippen LogP contribution in [0.4, 0.5) is 0 Å². The molecular formula is C38H24N2O. The molecule has 0 fully saturated rings. The predicted octanol–water partition coefficient (Wildman–Crippen LogP) is 10.1. The Hall–Kier alpha value is -5.54. The number of fused-ring (bicyclic) bond motifs is 2. The van der Waals surface area contributed by atoms with Crippen LogP contribution in [0.5, 0.6) is 11.5 Å². The van der Waals surface area contributed by atoms with Crippen molar-refractivity contribution in [3.63, 3.8) is 0 Å². The summed E-state index contributed by atoms with van der Waals surface area (Å²) in [6.45, 7) is 0. The molecular weight excluding hydrogens is 500 g/mol. The van der Waals surface area contributed by atoms with Crippen LogP contribution in [0.15, 0.2) is 145 Å². The van der Waals surface area contributed by atoms with Gasteiger partial charge in [0.15, 0.2) is 5.82 Å². The summed E-state index contributed by atoms with van der Waals surface area (Å²) in [5.41, 5.74) is 2.92. The van der Waals surface area contributed by atoms with Gasteiger partial charge in [0, 0.05) is 27.6 Å². The zero-order valence-electron chi connectivity index (χ0n) is 30.5. The van der Waals surface area contributed by atoms with Gasteiger partial charge in [-0.2, -0.15) is 0 Å². The molecule has 0 radical (unpaired) electrons.